The number of guanidine groups is 1. The average Bonchev–Trinajstić information content (AvgIpc) is 2.55. The van der Waals surface area contributed by atoms with Gasteiger partial charge in [-0.05, 0) is 60.9 Å². The molecule has 6 heteroatoms. The third-order valence-electron chi connectivity index (χ3n) is 3.80. The van der Waals surface area contributed by atoms with Crippen LogP contribution in [0, 0.1) is 0 Å². The molecule has 0 heterocycles. The number of ether oxygens (including phenoxy) is 1. The van der Waals surface area contributed by atoms with Crippen molar-refractivity contribution < 1.29 is 14.3 Å². The number of rotatable bonds is 3. The molecule has 0 atom stereocenters. The summed E-state index contributed by atoms with van der Waals surface area (Å²) >= 11 is 0. The van der Waals surface area contributed by atoms with Crippen molar-refractivity contribution in [1.82, 2.24) is 0 Å². The number of aryl methyl sites for hydroxylation is 1. The SMILES string of the molecule is NC(N)=Nc1ccc(C(=O)Oc2ccc3c(c2)CCCC3=O)cc1. The molecular formula is C18H17N3O3. The Kier molecular flexibility index (Phi) is 4.29. The van der Waals surface area contributed by atoms with E-state index in [1.165, 1.54) is 0 Å². The lowest BCUT2D eigenvalue weighted by atomic mass is 9.90. The van der Waals surface area contributed by atoms with E-state index in [9.17, 15) is 9.59 Å². The van der Waals surface area contributed by atoms with Gasteiger partial charge >= 0.3 is 5.97 Å². The number of benzene rings is 2. The molecule has 122 valence electrons. The van der Waals surface area contributed by atoms with Crippen LogP contribution < -0.4 is 16.2 Å². The summed E-state index contributed by atoms with van der Waals surface area (Å²) in [6.07, 6.45) is 2.23. The van der Waals surface area contributed by atoms with Crippen LogP contribution in [0.2, 0.25) is 0 Å². The molecule has 0 bridgehead atoms. The van der Waals surface area contributed by atoms with Crippen LogP contribution in [-0.2, 0) is 6.42 Å². The van der Waals surface area contributed by atoms with E-state index < -0.39 is 5.97 Å². The Morgan fingerprint density at radius 1 is 1.04 bits per heavy atom. The lowest BCUT2D eigenvalue weighted by Gasteiger charge is -2.15. The average molecular weight is 323 g/mol. The van der Waals surface area contributed by atoms with E-state index in [1.54, 1.807) is 42.5 Å². The predicted molar refractivity (Wildman–Crippen MR) is 90.6 cm³/mol. The number of carbonyl (C=O) groups is 2. The Morgan fingerprint density at radius 2 is 1.79 bits per heavy atom. The van der Waals surface area contributed by atoms with E-state index in [0.29, 0.717) is 23.4 Å². The zero-order chi connectivity index (χ0) is 17.1. The van der Waals surface area contributed by atoms with Crippen LogP contribution in [-0.4, -0.2) is 17.7 Å². The second kappa shape index (κ2) is 6.54. The zero-order valence-electron chi connectivity index (χ0n) is 13.0. The topological polar surface area (TPSA) is 108 Å². The number of nitrogens with two attached hydrogens (primary N) is 2. The van der Waals surface area contributed by atoms with Crippen LogP contribution >= 0.6 is 0 Å². The normalized spacial score (nSPS) is 13.1. The molecule has 3 rings (SSSR count). The minimum absolute atomic E-state index is 0.0473. The smallest absolute Gasteiger partial charge is 0.343 e. The summed E-state index contributed by atoms with van der Waals surface area (Å²) in [7, 11) is 0. The molecule has 0 aromatic heterocycles. The fourth-order valence-electron chi connectivity index (χ4n) is 2.67. The van der Waals surface area contributed by atoms with Crippen molar-refractivity contribution in [3.63, 3.8) is 0 Å². The highest BCUT2D eigenvalue weighted by Gasteiger charge is 2.18. The summed E-state index contributed by atoms with van der Waals surface area (Å²) in [6, 6.07) is 11.6. The molecule has 1 aliphatic rings. The maximum atomic E-state index is 12.2. The summed E-state index contributed by atoms with van der Waals surface area (Å²) in [5, 5.41) is 0. The van der Waals surface area contributed by atoms with Gasteiger partial charge in [-0.1, -0.05) is 0 Å². The minimum Gasteiger partial charge on any atom is -0.423 e. The Hall–Kier alpha value is -3.15. The number of carbonyl (C=O) groups excluding carboxylic acids is 2. The van der Waals surface area contributed by atoms with Gasteiger partial charge in [0.15, 0.2) is 11.7 Å². The molecule has 4 N–H and O–H groups in total. The van der Waals surface area contributed by atoms with Crippen LogP contribution in [0.4, 0.5) is 5.69 Å². The number of Topliss-reactive ketones (excluding diaryl/α,β-unsaturated/α-hetero) is 1. The molecule has 0 saturated heterocycles. The van der Waals surface area contributed by atoms with E-state index in [0.717, 1.165) is 24.0 Å². The highest BCUT2D eigenvalue weighted by atomic mass is 16.5. The first-order chi connectivity index (χ1) is 11.5. The molecule has 0 spiro atoms. The third kappa shape index (κ3) is 3.43. The second-order valence-electron chi connectivity index (χ2n) is 5.57. The molecule has 1 aliphatic carbocycles. The predicted octanol–water partition coefficient (Wildman–Crippen LogP) is 2.33. The fourth-order valence-corrected chi connectivity index (χ4v) is 2.67. The van der Waals surface area contributed by atoms with Crippen molar-refractivity contribution >= 4 is 23.4 Å². The monoisotopic (exact) mass is 323 g/mol. The van der Waals surface area contributed by atoms with E-state index in [-0.39, 0.29) is 11.7 Å². The molecule has 6 nitrogen and oxygen atoms in total. The van der Waals surface area contributed by atoms with Crippen LogP contribution in [0.1, 0.15) is 39.1 Å². The lowest BCUT2D eigenvalue weighted by molar-refractivity contribution is 0.0734. The molecule has 0 fully saturated rings. The number of aliphatic imine (C=N–C) groups is 1. The van der Waals surface area contributed by atoms with Gasteiger partial charge in [-0.3, -0.25) is 4.79 Å². The number of nitrogens with zero attached hydrogens (tertiary/aromatic N) is 1. The van der Waals surface area contributed by atoms with E-state index >= 15 is 0 Å². The Morgan fingerprint density at radius 3 is 2.50 bits per heavy atom. The standard InChI is InChI=1S/C18H17N3O3/c19-18(20)21-13-6-4-11(5-7-13)17(23)24-14-8-9-15-12(10-14)2-1-3-16(15)22/h4-10H,1-3H2,(H4,19,20,21). The highest BCUT2D eigenvalue weighted by Crippen LogP contribution is 2.26. The van der Waals surface area contributed by atoms with Gasteiger partial charge < -0.3 is 16.2 Å². The third-order valence-corrected chi connectivity index (χ3v) is 3.80. The van der Waals surface area contributed by atoms with Crippen molar-refractivity contribution in [3.8, 4) is 5.75 Å². The summed E-state index contributed by atoms with van der Waals surface area (Å²) < 4.78 is 5.39. The van der Waals surface area contributed by atoms with Gasteiger partial charge in [-0.25, -0.2) is 9.79 Å². The summed E-state index contributed by atoms with van der Waals surface area (Å²) in [5.41, 5.74) is 13.2. The molecule has 0 saturated carbocycles. The van der Waals surface area contributed by atoms with Gasteiger partial charge in [0.2, 0.25) is 0 Å². The molecule has 24 heavy (non-hydrogen) atoms. The van der Waals surface area contributed by atoms with Gasteiger partial charge in [-0.15, -0.1) is 0 Å². The van der Waals surface area contributed by atoms with Gasteiger partial charge in [0.25, 0.3) is 0 Å². The number of ketones is 1. The van der Waals surface area contributed by atoms with Crippen molar-refractivity contribution in [3.05, 3.63) is 59.2 Å². The Balaban J connectivity index is 1.75. The lowest BCUT2D eigenvalue weighted by Crippen LogP contribution is -2.21. The highest BCUT2D eigenvalue weighted by molar-refractivity contribution is 5.98. The second-order valence-corrected chi connectivity index (χ2v) is 5.57. The summed E-state index contributed by atoms with van der Waals surface area (Å²) in [4.78, 5) is 27.9. The van der Waals surface area contributed by atoms with Crippen LogP contribution in [0.15, 0.2) is 47.5 Å². The van der Waals surface area contributed by atoms with Gasteiger partial charge in [0.1, 0.15) is 5.75 Å². The van der Waals surface area contributed by atoms with Crippen LogP contribution in [0.3, 0.4) is 0 Å². The molecular weight excluding hydrogens is 306 g/mol. The zero-order valence-corrected chi connectivity index (χ0v) is 13.0. The quantitative estimate of drug-likeness (QED) is 0.390. The Labute approximate surface area is 139 Å². The van der Waals surface area contributed by atoms with E-state index in [4.69, 9.17) is 16.2 Å². The number of hydrogen-bond acceptors (Lipinski definition) is 4. The van der Waals surface area contributed by atoms with Crippen molar-refractivity contribution in [1.29, 1.82) is 0 Å². The molecule has 2 aromatic rings. The maximum Gasteiger partial charge on any atom is 0.343 e. The van der Waals surface area contributed by atoms with Gasteiger partial charge in [0.05, 0.1) is 11.3 Å². The molecule has 2 aromatic carbocycles. The van der Waals surface area contributed by atoms with Crippen LogP contribution in [0.5, 0.6) is 5.75 Å². The minimum atomic E-state index is -0.478. The maximum absolute atomic E-state index is 12.2. The van der Waals surface area contributed by atoms with Crippen molar-refractivity contribution in [2.45, 2.75) is 19.3 Å². The molecule has 0 radical (unpaired) electrons. The summed E-state index contributed by atoms with van der Waals surface area (Å²) in [5.74, 6) is 0.0495. The first-order valence-corrected chi connectivity index (χ1v) is 7.61. The molecule has 0 aliphatic heterocycles. The Bertz CT molecular complexity index is 822. The van der Waals surface area contributed by atoms with E-state index in [1.807, 2.05) is 0 Å². The van der Waals surface area contributed by atoms with E-state index in [2.05, 4.69) is 4.99 Å². The van der Waals surface area contributed by atoms with Crippen molar-refractivity contribution in [2.75, 3.05) is 0 Å². The number of esters is 1. The van der Waals surface area contributed by atoms with Gasteiger partial charge in [0, 0.05) is 12.0 Å². The largest absolute Gasteiger partial charge is 0.423 e. The van der Waals surface area contributed by atoms with Crippen molar-refractivity contribution in [2.24, 2.45) is 16.5 Å². The number of hydrogen-bond donors (Lipinski definition) is 2. The molecule has 0 amide bonds. The van der Waals surface area contributed by atoms with Gasteiger partial charge in [-0.2, -0.15) is 0 Å². The fraction of sp³-hybridized carbons (Fsp3) is 0.167. The first kappa shape index (κ1) is 15.7. The summed E-state index contributed by atoms with van der Waals surface area (Å²) in [6.45, 7) is 0. The molecule has 0 unspecified atom stereocenters. The van der Waals surface area contributed by atoms with Crippen LogP contribution in [0.25, 0.3) is 0 Å². The number of fused-ring (bicyclic) bond motifs is 1. The first-order valence-electron chi connectivity index (χ1n) is 7.61.